The molecule has 2 heteroatoms. The minimum absolute atomic E-state index is 0.122. The first-order chi connectivity index (χ1) is 9.36. The minimum Gasteiger partial charge on any atom is -0.395 e. The number of ether oxygens (including phenoxy) is 1. The van der Waals surface area contributed by atoms with Crippen LogP contribution in [0.25, 0.3) is 0 Å². The number of aliphatic hydroxyl groups is 1. The quantitative estimate of drug-likeness (QED) is 0.572. The fourth-order valence-electron chi connectivity index (χ4n) is 1.73. The van der Waals surface area contributed by atoms with E-state index in [0.29, 0.717) is 13.0 Å². The second-order valence-electron chi connectivity index (χ2n) is 4.59. The van der Waals surface area contributed by atoms with Gasteiger partial charge in [-0.15, -0.1) is 0 Å². The molecule has 0 atom stereocenters. The van der Waals surface area contributed by atoms with Crippen molar-refractivity contribution in [3.63, 3.8) is 0 Å². The van der Waals surface area contributed by atoms with Crippen molar-refractivity contribution in [2.75, 3.05) is 13.2 Å². The maximum absolute atomic E-state index is 8.64. The molecule has 0 bridgehead atoms. The number of hydrogen-bond donors (Lipinski definition) is 1. The Bertz CT molecular complexity index is 384. The van der Waals surface area contributed by atoms with Crippen LogP contribution in [0.1, 0.15) is 50.2 Å². The Morgan fingerprint density at radius 1 is 1.11 bits per heavy atom. The molecule has 0 saturated heterocycles. The molecule has 0 saturated carbocycles. The molecule has 0 amide bonds. The molecule has 0 aliphatic carbocycles. The Morgan fingerprint density at radius 2 is 1.89 bits per heavy atom. The third-order valence-electron chi connectivity index (χ3n) is 2.83. The topological polar surface area (TPSA) is 29.5 Å². The summed E-state index contributed by atoms with van der Waals surface area (Å²) in [7, 11) is 0. The van der Waals surface area contributed by atoms with Crippen molar-refractivity contribution in [3.05, 3.63) is 35.4 Å². The van der Waals surface area contributed by atoms with Crippen LogP contribution >= 0.6 is 0 Å². The van der Waals surface area contributed by atoms with E-state index in [4.69, 9.17) is 9.84 Å². The zero-order valence-corrected chi connectivity index (χ0v) is 11.8. The van der Waals surface area contributed by atoms with Gasteiger partial charge < -0.3 is 9.84 Å². The average Bonchev–Trinajstić information content (AvgIpc) is 2.44. The molecule has 0 fully saturated rings. The Hall–Kier alpha value is -1.30. The molecule has 19 heavy (non-hydrogen) atoms. The lowest BCUT2D eigenvalue weighted by molar-refractivity contribution is 0.117. The van der Waals surface area contributed by atoms with Crippen molar-refractivity contribution in [3.8, 4) is 11.8 Å². The summed E-state index contributed by atoms with van der Waals surface area (Å²) < 4.78 is 5.64. The Morgan fingerprint density at radius 3 is 2.58 bits per heavy atom. The van der Waals surface area contributed by atoms with E-state index in [0.717, 1.165) is 18.6 Å². The molecule has 0 spiro atoms. The molecule has 0 heterocycles. The molecule has 1 aromatic rings. The van der Waals surface area contributed by atoms with Gasteiger partial charge in [-0.3, -0.25) is 0 Å². The van der Waals surface area contributed by atoms with E-state index in [1.54, 1.807) is 0 Å². The van der Waals surface area contributed by atoms with Crippen molar-refractivity contribution in [1.82, 2.24) is 0 Å². The summed E-state index contributed by atoms with van der Waals surface area (Å²) >= 11 is 0. The van der Waals surface area contributed by atoms with Crippen LogP contribution in [-0.4, -0.2) is 18.3 Å². The summed E-state index contributed by atoms with van der Waals surface area (Å²) in [6.07, 6.45) is 5.50. The van der Waals surface area contributed by atoms with E-state index in [1.165, 1.54) is 24.8 Å². The summed E-state index contributed by atoms with van der Waals surface area (Å²) in [6.45, 7) is 3.86. The number of rotatable bonds is 8. The second-order valence-corrected chi connectivity index (χ2v) is 4.59. The summed E-state index contributed by atoms with van der Waals surface area (Å²) in [5.74, 6) is 5.92. The first-order valence-corrected chi connectivity index (χ1v) is 7.13. The number of unbranched alkanes of at least 4 members (excludes halogenated alkanes) is 3. The van der Waals surface area contributed by atoms with Gasteiger partial charge in [0, 0.05) is 18.6 Å². The molecule has 1 N–H and O–H groups in total. The molecule has 1 rings (SSSR count). The van der Waals surface area contributed by atoms with Crippen LogP contribution in [0, 0.1) is 11.8 Å². The molecule has 104 valence electrons. The first-order valence-electron chi connectivity index (χ1n) is 7.13. The average molecular weight is 260 g/mol. The SMILES string of the molecule is CCCCCCOCc1ccc(C#CCCO)cc1. The third-order valence-corrected chi connectivity index (χ3v) is 2.83. The fraction of sp³-hybridized carbons (Fsp3) is 0.529. The van der Waals surface area contributed by atoms with Gasteiger partial charge in [0.05, 0.1) is 13.2 Å². The van der Waals surface area contributed by atoms with Gasteiger partial charge in [-0.2, -0.15) is 0 Å². The molecule has 1 aromatic carbocycles. The Labute approximate surface area is 116 Å². The van der Waals surface area contributed by atoms with Crippen LogP contribution in [0.3, 0.4) is 0 Å². The van der Waals surface area contributed by atoms with Gasteiger partial charge in [-0.05, 0) is 24.1 Å². The van der Waals surface area contributed by atoms with Gasteiger partial charge in [-0.25, -0.2) is 0 Å². The molecular weight excluding hydrogens is 236 g/mol. The molecule has 0 unspecified atom stereocenters. The standard InChI is InChI=1S/C17H24O2/c1-2-3-4-7-14-19-15-17-11-9-16(10-12-17)8-5-6-13-18/h9-12,18H,2-4,6-7,13-15H2,1H3. The second kappa shape index (κ2) is 10.6. The monoisotopic (exact) mass is 260 g/mol. The predicted molar refractivity (Wildman–Crippen MR) is 78.8 cm³/mol. The highest BCUT2D eigenvalue weighted by Crippen LogP contribution is 2.06. The number of benzene rings is 1. The van der Waals surface area contributed by atoms with Crippen molar-refractivity contribution >= 4 is 0 Å². The Balaban J connectivity index is 2.23. The molecular formula is C17H24O2. The highest BCUT2D eigenvalue weighted by atomic mass is 16.5. The summed E-state index contributed by atoms with van der Waals surface area (Å²) in [6, 6.07) is 8.10. The fourth-order valence-corrected chi connectivity index (χ4v) is 1.73. The lowest BCUT2D eigenvalue weighted by atomic mass is 10.1. The van der Waals surface area contributed by atoms with Crippen LogP contribution in [0.5, 0.6) is 0 Å². The van der Waals surface area contributed by atoms with Crippen LogP contribution in [0.4, 0.5) is 0 Å². The molecule has 2 nitrogen and oxygen atoms in total. The van der Waals surface area contributed by atoms with E-state index < -0.39 is 0 Å². The maximum atomic E-state index is 8.64. The van der Waals surface area contributed by atoms with Gasteiger partial charge in [0.25, 0.3) is 0 Å². The molecule has 0 aliphatic rings. The van der Waals surface area contributed by atoms with Crippen molar-refractivity contribution in [1.29, 1.82) is 0 Å². The van der Waals surface area contributed by atoms with Crippen LogP contribution < -0.4 is 0 Å². The maximum Gasteiger partial charge on any atom is 0.0716 e. The molecule has 0 aliphatic heterocycles. The Kier molecular flexibility index (Phi) is 8.80. The van der Waals surface area contributed by atoms with Gasteiger partial charge in [0.2, 0.25) is 0 Å². The van der Waals surface area contributed by atoms with Crippen molar-refractivity contribution in [2.24, 2.45) is 0 Å². The van der Waals surface area contributed by atoms with E-state index in [2.05, 4.69) is 30.9 Å². The zero-order chi connectivity index (χ0) is 13.8. The summed E-state index contributed by atoms with van der Waals surface area (Å²) in [5, 5.41) is 8.64. The highest BCUT2D eigenvalue weighted by Gasteiger charge is 1.94. The van der Waals surface area contributed by atoms with Gasteiger partial charge in [0.15, 0.2) is 0 Å². The predicted octanol–water partition coefficient (Wildman–Crippen LogP) is 3.52. The normalized spacial score (nSPS) is 10.0. The van der Waals surface area contributed by atoms with Gasteiger partial charge in [0.1, 0.15) is 0 Å². The van der Waals surface area contributed by atoms with Crippen LogP contribution in [-0.2, 0) is 11.3 Å². The molecule has 0 aromatic heterocycles. The van der Waals surface area contributed by atoms with E-state index in [1.807, 2.05) is 12.1 Å². The zero-order valence-electron chi connectivity index (χ0n) is 11.8. The largest absolute Gasteiger partial charge is 0.395 e. The first kappa shape index (κ1) is 15.8. The lowest BCUT2D eigenvalue weighted by Gasteiger charge is -2.04. The van der Waals surface area contributed by atoms with Crippen molar-refractivity contribution in [2.45, 2.75) is 45.6 Å². The highest BCUT2D eigenvalue weighted by molar-refractivity contribution is 5.35. The van der Waals surface area contributed by atoms with Gasteiger partial charge >= 0.3 is 0 Å². The van der Waals surface area contributed by atoms with E-state index in [9.17, 15) is 0 Å². The van der Waals surface area contributed by atoms with Crippen LogP contribution in [0.15, 0.2) is 24.3 Å². The number of hydrogen-bond acceptors (Lipinski definition) is 2. The van der Waals surface area contributed by atoms with E-state index in [-0.39, 0.29) is 6.61 Å². The number of aliphatic hydroxyl groups excluding tert-OH is 1. The van der Waals surface area contributed by atoms with E-state index >= 15 is 0 Å². The van der Waals surface area contributed by atoms with Gasteiger partial charge in [-0.1, -0.05) is 50.2 Å². The summed E-state index contributed by atoms with van der Waals surface area (Å²) in [5.41, 5.74) is 2.17. The third kappa shape index (κ3) is 7.66. The lowest BCUT2D eigenvalue weighted by Crippen LogP contribution is -1.95. The molecule has 0 radical (unpaired) electrons. The smallest absolute Gasteiger partial charge is 0.0716 e. The van der Waals surface area contributed by atoms with Crippen molar-refractivity contribution < 1.29 is 9.84 Å². The van der Waals surface area contributed by atoms with Crippen LogP contribution in [0.2, 0.25) is 0 Å². The summed E-state index contributed by atoms with van der Waals surface area (Å²) in [4.78, 5) is 0. The minimum atomic E-state index is 0.122.